The van der Waals surface area contributed by atoms with Gasteiger partial charge < -0.3 is 19.5 Å². The molecular formula is C22H27NO4. The second-order valence-corrected chi connectivity index (χ2v) is 6.30. The summed E-state index contributed by atoms with van der Waals surface area (Å²) in [6, 6.07) is 13.4. The van der Waals surface area contributed by atoms with E-state index in [4.69, 9.17) is 14.2 Å². The summed E-state index contributed by atoms with van der Waals surface area (Å²) in [5.74, 6) is 2.01. The molecule has 0 aliphatic carbocycles. The van der Waals surface area contributed by atoms with E-state index in [2.05, 4.69) is 5.32 Å². The molecule has 0 aromatic heterocycles. The number of methoxy groups -OCH3 is 2. The standard InChI is InChI=1S/C22H27NO4/c1-16(2)27-19-9-5-17(6-10-19)13-14-23-22(24)12-8-18-7-11-20(25-3)21(15-18)26-4/h5-12,15-16H,13-14H2,1-4H3,(H,23,24). The first-order valence-corrected chi connectivity index (χ1v) is 8.95. The first kappa shape index (κ1) is 20.4. The number of carbonyl (C=O) groups excluding carboxylic acids is 1. The normalized spacial score (nSPS) is 10.9. The van der Waals surface area contributed by atoms with Gasteiger partial charge in [-0.3, -0.25) is 4.79 Å². The van der Waals surface area contributed by atoms with Gasteiger partial charge in [-0.1, -0.05) is 18.2 Å². The van der Waals surface area contributed by atoms with Gasteiger partial charge in [0.1, 0.15) is 5.75 Å². The fourth-order valence-corrected chi connectivity index (χ4v) is 2.52. The second-order valence-electron chi connectivity index (χ2n) is 6.30. The molecular weight excluding hydrogens is 342 g/mol. The van der Waals surface area contributed by atoms with Gasteiger partial charge in [0, 0.05) is 12.6 Å². The summed E-state index contributed by atoms with van der Waals surface area (Å²) in [5.41, 5.74) is 2.01. The Hall–Kier alpha value is -2.95. The minimum Gasteiger partial charge on any atom is -0.493 e. The van der Waals surface area contributed by atoms with Crippen LogP contribution in [0.4, 0.5) is 0 Å². The third-order valence-electron chi connectivity index (χ3n) is 3.84. The van der Waals surface area contributed by atoms with Gasteiger partial charge in [0.25, 0.3) is 0 Å². The highest BCUT2D eigenvalue weighted by atomic mass is 16.5. The van der Waals surface area contributed by atoms with E-state index in [-0.39, 0.29) is 12.0 Å². The van der Waals surface area contributed by atoms with Crippen LogP contribution in [-0.4, -0.2) is 32.8 Å². The molecule has 5 nitrogen and oxygen atoms in total. The molecule has 144 valence electrons. The first-order valence-electron chi connectivity index (χ1n) is 8.95. The molecule has 0 fully saturated rings. The summed E-state index contributed by atoms with van der Waals surface area (Å²) >= 11 is 0. The molecule has 1 N–H and O–H groups in total. The van der Waals surface area contributed by atoms with Crippen LogP contribution in [0.25, 0.3) is 6.08 Å². The topological polar surface area (TPSA) is 56.8 Å². The van der Waals surface area contributed by atoms with E-state index in [0.717, 1.165) is 23.3 Å². The van der Waals surface area contributed by atoms with Gasteiger partial charge in [-0.2, -0.15) is 0 Å². The van der Waals surface area contributed by atoms with Crippen LogP contribution in [0.5, 0.6) is 17.2 Å². The Morgan fingerprint density at radius 3 is 2.37 bits per heavy atom. The third kappa shape index (κ3) is 6.70. The molecule has 0 saturated carbocycles. The van der Waals surface area contributed by atoms with E-state index in [1.165, 1.54) is 6.08 Å². The van der Waals surface area contributed by atoms with E-state index in [9.17, 15) is 4.79 Å². The minimum absolute atomic E-state index is 0.135. The van der Waals surface area contributed by atoms with Crippen LogP contribution in [0.15, 0.2) is 48.5 Å². The predicted molar refractivity (Wildman–Crippen MR) is 107 cm³/mol. The average molecular weight is 369 g/mol. The summed E-state index contributed by atoms with van der Waals surface area (Å²) in [4.78, 5) is 12.0. The van der Waals surface area contributed by atoms with Crippen LogP contribution in [0.1, 0.15) is 25.0 Å². The lowest BCUT2D eigenvalue weighted by atomic mass is 10.1. The Kier molecular flexibility index (Phi) is 7.74. The van der Waals surface area contributed by atoms with E-state index in [0.29, 0.717) is 18.0 Å². The van der Waals surface area contributed by atoms with Crippen LogP contribution in [0.3, 0.4) is 0 Å². The molecule has 2 aromatic carbocycles. The van der Waals surface area contributed by atoms with Gasteiger partial charge in [-0.05, 0) is 61.7 Å². The van der Waals surface area contributed by atoms with Crippen molar-refractivity contribution in [2.24, 2.45) is 0 Å². The van der Waals surface area contributed by atoms with Gasteiger partial charge in [0.15, 0.2) is 11.5 Å². The van der Waals surface area contributed by atoms with Crippen molar-refractivity contribution in [2.45, 2.75) is 26.4 Å². The molecule has 0 radical (unpaired) electrons. The number of hydrogen-bond acceptors (Lipinski definition) is 4. The molecule has 0 aliphatic heterocycles. The van der Waals surface area contributed by atoms with Crippen molar-refractivity contribution < 1.29 is 19.0 Å². The number of carbonyl (C=O) groups is 1. The zero-order valence-electron chi connectivity index (χ0n) is 16.3. The van der Waals surface area contributed by atoms with Gasteiger partial charge in [0.2, 0.25) is 5.91 Å². The number of ether oxygens (including phenoxy) is 3. The van der Waals surface area contributed by atoms with Crippen LogP contribution >= 0.6 is 0 Å². The Labute approximate surface area is 161 Å². The molecule has 2 rings (SSSR count). The lowest BCUT2D eigenvalue weighted by Gasteiger charge is -2.10. The van der Waals surface area contributed by atoms with Gasteiger partial charge in [-0.15, -0.1) is 0 Å². The highest BCUT2D eigenvalue weighted by Gasteiger charge is 2.03. The number of rotatable bonds is 9. The van der Waals surface area contributed by atoms with Crippen molar-refractivity contribution in [3.63, 3.8) is 0 Å². The second kappa shape index (κ2) is 10.3. The molecule has 5 heteroatoms. The molecule has 1 amide bonds. The first-order chi connectivity index (χ1) is 13.0. The summed E-state index contributed by atoms with van der Waals surface area (Å²) in [6.07, 6.45) is 4.18. The zero-order chi connectivity index (χ0) is 19.6. The number of benzene rings is 2. The van der Waals surface area contributed by atoms with Crippen molar-refractivity contribution in [2.75, 3.05) is 20.8 Å². The minimum atomic E-state index is -0.135. The van der Waals surface area contributed by atoms with Crippen molar-refractivity contribution in [3.8, 4) is 17.2 Å². The average Bonchev–Trinajstić information content (AvgIpc) is 2.67. The summed E-state index contributed by atoms with van der Waals surface area (Å²) in [5, 5.41) is 2.89. The molecule has 0 bridgehead atoms. The molecule has 0 saturated heterocycles. The van der Waals surface area contributed by atoms with Crippen LogP contribution in [0.2, 0.25) is 0 Å². The third-order valence-corrected chi connectivity index (χ3v) is 3.84. The van der Waals surface area contributed by atoms with Crippen molar-refractivity contribution >= 4 is 12.0 Å². The molecule has 27 heavy (non-hydrogen) atoms. The molecule has 0 unspecified atom stereocenters. The Bertz CT molecular complexity index is 766. The van der Waals surface area contributed by atoms with Crippen LogP contribution in [0, 0.1) is 0 Å². The highest BCUT2D eigenvalue weighted by Crippen LogP contribution is 2.27. The smallest absolute Gasteiger partial charge is 0.244 e. The lowest BCUT2D eigenvalue weighted by Crippen LogP contribution is -2.23. The zero-order valence-corrected chi connectivity index (χ0v) is 16.3. The molecule has 0 atom stereocenters. The van der Waals surface area contributed by atoms with E-state index >= 15 is 0 Å². The maximum Gasteiger partial charge on any atom is 0.244 e. The van der Waals surface area contributed by atoms with Crippen LogP contribution in [-0.2, 0) is 11.2 Å². The largest absolute Gasteiger partial charge is 0.493 e. The van der Waals surface area contributed by atoms with E-state index < -0.39 is 0 Å². The SMILES string of the molecule is COc1ccc(C=CC(=O)NCCc2ccc(OC(C)C)cc2)cc1OC. The van der Waals surface area contributed by atoms with Gasteiger partial charge in [-0.25, -0.2) is 0 Å². The number of amides is 1. The van der Waals surface area contributed by atoms with Crippen LogP contribution < -0.4 is 19.5 Å². The van der Waals surface area contributed by atoms with Crippen molar-refractivity contribution in [3.05, 3.63) is 59.7 Å². The van der Waals surface area contributed by atoms with Crippen molar-refractivity contribution in [1.82, 2.24) is 5.32 Å². The Balaban J connectivity index is 1.81. The molecule has 0 spiro atoms. The number of hydrogen-bond donors (Lipinski definition) is 1. The van der Waals surface area contributed by atoms with Gasteiger partial charge >= 0.3 is 0 Å². The maximum atomic E-state index is 12.0. The quantitative estimate of drug-likeness (QED) is 0.682. The summed E-state index contributed by atoms with van der Waals surface area (Å²) < 4.78 is 16.1. The molecule has 2 aromatic rings. The van der Waals surface area contributed by atoms with Crippen molar-refractivity contribution in [1.29, 1.82) is 0 Å². The fraction of sp³-hybridized carbons (Fsp3) is 0.318. The van der Waals surface area contributed by atoms with E-state index in [1.54, 1.807) is 20.3 Å². The Morgan fingerprint density at radius 1 is 1.04 bits per heavy atom. The van der Waals surface area contributed by atoms with E-state index in [1.807, 2.05) is 56.3 Å². The number of nitrogens with one attached hydrogen (secondary N) is 1. The highest BCUT2D eigenvalue weighted by molar-refractivity contribution is 5.91. The molecule has 0 heterocycles. The van der Waals surface area contributed by atoms with Gasteiger partial charge in [0.05, 0.1) is 20.3 Å². The summed E-state index contributed by atoms with van der Waals surface area (Å²) in [7, 11) is 3.17. The Morgan fingerprint density at radius 2 is 1.74 bits per heavy atom. The summed E-state index contributed by atoms with van der Waals surface area (Å²) in [6.45, 7) is 4.57. The predicted octanol–water partition coefficient (Wildman–Crippen LogP) is 3.86. The maximum absolute atomic E-state index is 12.0. The monoisotopic (exact) mass is 369 g/mol. The lowest BCUT2D eigenvalue weighted by molar-refractivity contribution is -0.116. The fourth-order valence-electron chi connectivity index (χ4n) is 2.52. The molecule has 0 aliphatic rings.